The van der Waals surface area contributed by atoms with Gasteiger partial charge in [-0.05, 0) is 75.3 Å². The maximum atomic E-state index is 13.4. The predicted molar refractivity (Wildman–Crippen MR) is 142 cm³/mol. The smallest absolute Gasteiger partial charge is 0.123 e. The van der Waals surface area contributed by atoms with E-state index in [1.807, 2.05) is 12.1 Å². The normalized spacial score (nSPS) is 17.2. The molecule has 1 aliphatic heterocycles. The SMILES string of the molecule is Cc1cc(N)nc(C[C@H]2CNC[C@H]2N(C)CCN(C)Cc2cccc(F)c2)c1.Cl.Cl.Cl.Cl. The Morgan fingerprint density at radius 2 is 1.78 bits per heavy atom. The van der Waals surface area contributed by atoms with Gasteiger partial charge in [-0.1, -0.05) is 12.1 Å². The second-order valence-corrected chi connectivity index (χ2v) is 8.10. The second-order valence-electron chi connectivity index (χ2n) is 8.10. The van der Waals surface area contributed by atoms with E-state index in [-0.39, 0.29) is 55.4 Å². The molecule has 2 atom stereocenters. The number of likely N-dealkylation sites (N-methyl/N-ethyl adjacent to an activating group) is 2. The summed E-state index contributed by atoms with van der Waals surface area (Å²) in [6, 6.07) is 11.4. The Labute approximate surface area is 216 Å². The highest BCUT2D eigenvalue weighted by molar-refractivity contribution is 5.86. The molecule has 0 amide bonds. The highest BCUT2D eigenvalue weighted by Gasteiger charge is 2.30. The molecule has 0 bridgehead atoms. The summed E-state index contributed by atoms with van der Waals surface area (Å²) in [5, 5.41) is 3.53. The molecule has 0 unspecified atom stereocenters. The summed E-state index contributed by atoms with van der Waals surface area (Å²) in [5.74, 6) is 0.949. The number of anilines is 1. The fourth-order valence-corrected chi connectivity index (χ4v) is 4.10. The largest absolute Gasteiger partial charge is 0.384 e. The summed E-state index contributed by atoms with van der Waals surface area (Å²) in [7, 11) is 4.28. The maximum absolute atomic E-state index is 13.4. The van der Waals surface area contributed by atoms with Crippen LogP contribution in [0.2, 0.25) is 0 Å². The molecular formula is C22H36Cl4FN5. The Hall–Kier alpha value is -0.860. The molecule has 32 heavy (non-hydrogen) atoms. The third-order valence-electron chi connectivity index (χ3n) is 5.56. The molecule has 1 aromatic heterocycles. The first kappa shape index (κ1) is 33.3. The van der Waals surface area contributed by atoms with Gasteiger partial charge in [0.2, 0.25) is 0 Å². The molecular weight excluding hydrogens is 495 g/mol. The predicted octanol–water partition coefficient (Wildman–Crippen LogP) is 3.99. The molecule has 0 spiro atoms. The van der Waals surface area contributed by atoms with Crippen molar-refractivity contribution in [2.75, 3.05) is 46.0 Å². The first-order valence-electron chi connectivity index (χ1n) is 9.97. The Morgan fingerprint density at radius 3 is 2.44 bits per heavy atom. The number of aromatic nitrogens is 1. The summed E-state index contributed by atoms with van der Waals surface area (Å²) in [6.07, 6.45) is 0.938. The van der Waals surface area contributed by atoms with Crippen LogP contribution in [0.15, 0.2) is 36.4 Å². The molecule has 0 radical (unpaired) electrons. The number of aryl methyl sites for hydroxylation is 1. The lowest BCUT2D eigenvalue weighted by Crippen LogP contribution is -2.42. The van der Waals surface area contributed by atoms with Crippen LogP contribution >= 0.6 is 49.6 Å². The first-order valence-corrected chi connectivity index (χ1v) is 9.97. The zero-order chi connectivity index (χ0) is 20.1. The summed E-state index contributed by atoms with van der Waals surface area (Å²) >= 11 is 0. The monoisotopic (exact) mass is 529 g/mol. The number of nitrogens with two attached hydrogens (primary N) is 1. The second kappa shape index (κ2) is 15.9. The van der Waals surface area contributed by atoms with Crippen molar-refractivity contribution in [1.82, 2.24) is 20.1 Å². The van der Waals surface area contributed by atoms with Crippen LogP contribution < -0.4 is 11.1 Å². The van der Waals surface area contributed by atoms with Gasteiger partial charge in [0.25, 0.3) is 0 Å². The van der Waals surface area contributed by atoms with Crippen LogP contribution in [0.1, 0.15) is 16.8 Å². The van der Waals surface area contributed by atoms with E-state index < -0.39 is 0 Å². The number of benzene rings is 1. The highest BCUT2D eigenvalue weighted by Crippen LogP contribution is 2.20. The van der Waals surface area contributed by atoms with Crippen molar-refractivity contribution in [3.8, 4) is 0 Å². The first-order chi connectivity index (χ1) is 13.4. The summed E-state index contributed by atoms with van der Waals surface area (Å²) < 4.78 is 13.4. The number of pyridine rings is 1. The molecule has 2 heterocycles. The van der Waals surface area contributed by atoms with Crippen molar-refractivity contribution < 1.29 is 4.39 Å². The molecule has 1 saturated heterocycles. The van der Waals surface area contributed by atoms with Gasteiger partial charge in [-0.2, -0.15) is 0 Å². The third kappa shape index (κ3) is 9.96. The fourth-order valence-electron chi connectivity index (χ4n) is 4.10. The van der Waals surface area contributed by atoms with E-state index in [1.165, 1.54) is 6.07 Å². The summed E-state index contributed by atoms with van der Waals surface area (Å²) in [5.41, 5.74) is 9.16. The molecule has 10 heteroatoms. The van der Waals surface area contributed by atoms with Gasteiger partial charge < -0.3 is 20.9 Å². The van der Waals surface area contributed by atoms with E-state index in [0.717, 1.165) is 56.0 Å². The highest BCUT2D eigenvalue weighted by atomic mass is 35.5. The molecule has 2 aromatic rings. The lowest BCUT2D eigenvalue weighted by atomic mass is 9.96. The zero-order valence-corrected chi connectivity index (χ0v) is 22.1. The zero-order valence-electron chi connectivity index (χ0n) is 18.8. The average molecular weight is 531 g/mol. The standard InChI is InChI=1S/C22H32FN5.4ClH/c1-16-9-20(26-22(24)10-16)12-18-13-25-14-21(18)28(3)8-7-27(2)15-17-5-4-6-19(23)11-17;;;;/h4-6,9-11,18,21,25H,7-8,12-15H2,1-3H3,(H2,24,26);4*1H/t18-,21+;;;;/m0..../s1. The van der Waals surface area contributed by atoms with Crippen molar-refractivity contribution >= 4 is 55.4 Å². The van der Waals surface area contributed by atoms with Gasteiger partial charge in [-0.15, -0.1) is 49.6 Å². The Morgan fingerprint density at radius 1 is 1.06 bits per heavy atom. The van der Waals surface area contributed by atoms with Gasteiger partial charge in [-0.3, -0.25) is 0 Å². The van der Waals surface area contributed by atoms with E-state index in [1.54, 1.807) is 12.1 Å². The van der Waals surface area contributed by atoms with Crippen molar-refractivity contribution in [2.45, 2.75) is 25.9 Å². The molecule has 1 fully saturated rings. The quantitative estimate of drug-likeness (QED) is 0.540. The van der Waals surface area contributed by atoms with E-state index in [0.29, 0.717) is 17.8 Å². The van der Waals surface area contributed by atoms with Crippen molar-refractivity contribution in [1.29, 1.82) is 0 Å². The van der Waals surface area contributed by atoms with Gasteiger partial charge in [0.05, 0.1) is 0 Å². The molecule has 1 aliphatic rings. The van der Waals surface area contributed by atoms with Crippen LogP contribution in [0.3, 0.4) is 0 Å². The minimum atomic E-state index is -0.173. The lowest BCUT2D eigenvalue weighted by molar-refractivity contribution is 0.181. The molecule has 0 aliphatic carbocycles. The van der Waals surface area contributed by atoms with Gasteiger partial charge in [0.1, 0.15) is 11.6 Å². The van der Waals surface area contributed by atoms with E-state index in [2.05, 4.69) is 47.2 Å². The van der Waals surface area contributed by atoms with E-state index in [4.69, 9.17) is 5.73 Å². The Bertz CT molecular complexity index is 778. The van der Waals surface area contributed by atoms with Crippen molar-refractivity contribution in [3.63, 3.8) is 0 Å². The molecule has 1 aromatic carbocycles. The topological polar surface area (TPSA) is 57.4 Å². The van der Waals surface area contributed by atoms with Crippen LogP contribution in [0.25, 0.3) is 0 Å². The van der Waals surface area contributed by atoms with E-state index >= 15 is 0 Å². The van der Waals surface area contributed by atoms with Gasteiger partial charge in [0.15, 0.2) is 0 Å². The molecule has 3 N–H and O–H groups in total. The minimum Gasteiger partial charge on any atom is -0.384 e. The van der Waals surface area contributed by atoms with Crippen molar-refractivity contribution in [3.05, 3.63) is 59.0 Å². The van der Waals surface area contributed by atoms with Crippen LogP contribution in [-0.4, -0.2) is 61.1 Å². The number of rotatable bonds is 8. The van der Waals surface area contributed by atoms with Crippen LogP contribution in [-0.2, 0) is 13.0 Å². The Kier molecular flexibility index (Phi) is 16.5. The van der Waals surface area contributed by atoms with E-state index in [9.17, 15) is 4.39 Å². The average Bonchev–Trinajstić information content (AvgIpc) is 3.07. The number of nitrogens with one attached hydrogen (secondary N) is 1. The number of halogens is 5. The van der Waals surface area contributed by atoms with Gasteiger partial charge in [0, 0.05) is 37.9 Å². The maximum Gasteiger partial charge on any atom is 0.123 e. The third-order valence-corrected chi connectivity index (χ3v) is 5.56. The van der Waals surface area contributed by atoms with Crippen LogP contribution in [0.5, 0.6) is 0 Å². The molecule has 184 valence electrons. The molecule has 3 rings (SSSR count). The summed E-state index contributed by atoms with van der Waals surface area (Å²) in [6.45, 7) is 6.72. The fraction of sp³-hybridized carbons (Fsp3) is 0.500. The van der Waals surface area contributed by atoms with Crippen LogP contribution in [0, 0.1) is 18.7 Å². The van der Waals surface area contributed by atoms with Crippen molar-refractivity contribution in [2.24, 2.45) is 5.92 Å². The van der Waals surface area contributed by atoms with Gasteiger partial charge in [-0.25, -0.2) is 9.37 Å². The number of hydrogen-bond donors (Lipinski definition) is 2. The molecule has 0 saturated carbocycles. The number of nitrogens with zero attached hydrogens (tertiary/aromatic N) is 3. The van der Waals surface area contributed by atoms with Crippen LogP contribution in [0.4, 0.5) is 10.2 Å². The molecule has 5 nitrogen and oxygen atoms in total. The number of hydrogen-bond acceptors (Lipinski definition) is 5. The summed E-state index contributed by atoms with van der Waals surface area (Å²) in [4.78, 5) is 9.19. The van der Waals surface area contributed by atoms with Gasteiger partial charge >= 0.3 is 0 Å². The minimum absolute atomic E-state index is 0. The lowest BCUT2D eigenvalue weighted by Gasteiger charge is -2.30. The number of nitrogen functional groups attached to an aromatic ring is 1. The Balaban J connectivity index is 0.